The molecule has 6 aromatic rings. The first-order valence-corrected chi connectivity index (χ1v) is 26.4. The molecule has 68 heavy (non-hydrogen) atoms. The molecule has 4 atom stereocenters. The number of benzene rings is 4. The molecule has 0 aliphatic carbocycles. The van der Waals surface area contributed by atoms with Crippen LogP contribution in [0.3, 0.4) is 0 Å². The quantitative estimate of drug-likeness (QED) is 0.0544. The molecule has 0 radical (unpaired) electrons. The Morgan fingerprint density at radius 1 is 0.544 bits per heavy atom. The van der Waals surface area contributed by atoms with E-state index in [1.54, 1.807) is 85.5 Å². The molecule has 2 aromatic heterocycles. The van der Waals surface area contributed by atoms with Crippen LogP contribution in [0.5, 0.6) is 0 Å². The van der Waals surface area contributed by atoms with Crippen molar-refractivity contribution >= 4 is 48.2 Å². The predicted octanol–water partition coefficient (Wildman–Crippen LogP) is 7.62. The van der Waals surface area contributed by atoms with Crippen LogP contribution in [0.25, 0.3) is 22.1 Å². The average Bonchev–Trinajstić information content (AvgIpc) is 3.87. The van der Waals surface area contributed by atoms with Gasteiger partial charge in [0.15, 0.2) is 0 Å². The van der Waals surface area contributed by atoms with Gasteiger partial charge in [0, 0.05) is 39.3 Å². The first-order valence-electron chi connectivity index (χ1n) is 23.5. The van der Waals surface area contributed by atoms with Crippen LogP contribution in [0, 0.1) is 23.7 Å². The summed E-state index contributed by atoms with van der Waals surface area (Å²) in [6.07, 6.45) is -1.47. The summed E-state index contributed by atoms with van der Waals surface area (Å²) >= 11 is 0. The number of carbonyl (C=O) groups is 1. The van der Waals surface area contributed by atoms with Crippen LogP contribution in [0.2, 0.25) is 0 Å². The number of imidazole rings is 2. The maximum Gasteiger partial charge on any atom is 0.408 e. The third kappa shape index (κ3) is 12.7. The molecule has 0 aliphatic rings. The minimum atomic E-state index is -4.29. The van der Waals surface area contributed by atoms with E-state index in [2.05, 4.69) is 37.7 Å². The van der Waals surface area contributed by atoms with Crippen molar-refractivity contribution < 1.29 is 36.9 Å². The zero-order valence-corrected chi connectivity index (χ0v) is 42.1. The van der Waals surface area contributed by atoms with Gasteiger partial charge >= 0.3 is 6.09 Å². The smallest absolute Gasteiger partial charge is 0.408 e. The van der Waals surface area contributed by atoms with Crippen LogP contribution in [0.15, 0.2) is 120 Å². The molecule has 2 heterocycles. The van der Waals surface area contributed by atoms with Gasteiger partial charge < -0.3 is 24.5 Å². The van der Waals surface area contributed by atoms with E-state index in [1.807, 2.05) is 49.0 Å². The van der Waals surface area contributed by atoms with Crippen molar-refractivity contribution in [3.63, 3.8) is 0 Å². The zero-order valence-electron chi connectivity index (χ0n) is 40.5. The van der Waals surface area contributed by atoms with E-state index in [0.29, 0.717) is 46.3 Å². The summed E-state index contributed by atoms with van der Waals surface area (Å²) in [6, 6.07) is 24.8. The fraction of sp³-hybridized carbons (Fsp3) is 0.471. The summed E-state index contributed by atoms with van der Waals surface area (Å²) in [6.45, 7) is 16.0. The van der Waals surface area contributed by atoms with Gasteiger partial charge in [-0.15, -0.1) is 0 Å². The Bertz CT molecular complexity index is 2630. The highest BCUT2D eigenvalue weighted by atomic mass is 32.2. The Labute approximate surface area is 402 Å². The van der Waals surface area contributed by atoms with Gasteiger partial charge in [-0.1, -0.05) is 116 Å². The van der Waals surface area contributed by atoms with Crippen molar-refractivity contribution in [2.45, 2.75) is 115 Å². The van der Waals surface area contributed by atoms with E-state index in [9.17, 15) is 36.9 Å². The van der Waals surface area contributed by atoms with Crippen molar-refractivity contribution in [2.24, 2.45) is 23.7 Å². The molecule has 1 amide bonds. The molecule has 0 saturated carbocycles. The van der Waals surface area contributed by atoms with Gasteiger partial charge in [-0.05, 0) is 84.0 Å². The number of hydrogen-bond acceptors (Lipinski definition) is 9. The molecule has 0 fully saturated rings. The number of aliphatic hydroxyl groups excluding tert-OH is 2. The molecule has 17 heteroatoms. The third-order valence-electron chi connectivity index (χ3n) is 11.9. The summed E-state index contributed by atoms with van der Waals surface area (Å²) < 4.78 is 65.3. The van der Waals surface area contributed by atoms with E-state index in [-0.39, 0.29) is 59.4 Å². The number of aromatic nitrogens is 4. The molecule has 0 bridgehead atoms. The maximum absolute atomic E-state index is 14.8. The van der Waals surface area contributed by atoms with Crippen LogP contribution < -0.4 is 0 Å². The van der Waals surface area contributed by atoms with Gasteiger partial charge in [0.05, 0.1) is 68.8 Å². The number of aliphatic hydroxyl groups is 2. The zero-order chi connectivity index (χ0) is 49.5. The molecule has 368 valence electrons. The topological polar surface area (TPSA) is 191 Å². The number of carboxylic acid groups (broad SMARTS) is 1. The molecule has 0 saturated heterocycles. The number of rotatable bonds is 24. The van der Waals surface area contributed by atoms with Crippen LogP contribution >= 0.6 is 0 Å². The molecular formula is C51H69N7O8S2. The third-order valence-corrected chi connectivity index (χ3v) is 15.6. The van der Waals surface area contributed by atoms with Gasteiger partial charge in [-0.25, -0.2) is 31.6 Å². The molecule has 0 unspecified atom stereocenters. The predicted molar refractivity (Wildman–Crippen MR) is 266 cm³/mol. The largest absolute Gasteiger partial charge is 0.465 e. The Balaban J connectivity index is 1.42. The van der Waals surface area contributed by atoms with Crippen molar-refractivity contribution in [1.82, 2.24) is 32.6 Å². The number of fused-ring (bicyclic) bond motifs is 2. The summed E-state index contributed by atoms with van der Waals surface area (Å²) in [7, 11) is -8.59. The van der Waals surface area contributed by atoms with Gasteiger partial charge in [0.25, 0.3) is 0 Å². The van der Waals surface area contributed by atoms with E-state index >= 15 is 0 Å². The van der Waals surface area contributed by atoms with Crippen LogP contribution in [0.4, 0.5) is 4.79 Å². The van der Waals surface area contributed by atoms with Crippen molar-refractivity contribution in [2.75, 3.05) is 26.2 Å². The highest BCUT2D eigenvalue weighted by Gasteiger charge is 2.42. The lowest BCUT2D eigenvalue weighted by atomic mass is 9.93. The van der Waals surface area contributed by atoms with Crippen LogP contribution in [-0.2, 0) is 46.0 Å². The number of amides is 1. The highest BCUT2D eigenvalue weighted by molar-refractivity contribution is 7.89. The van der Waals surface area contributed by atoms with Gasteiger partial charge in [0.2, 0.25) is 20.0 Å². The fourth-order valence-corrected chi connectivity index (χ4v) is 12.2. The Morgan fingerprint density at radius 2 is 0.912 bits per heavy atom. The average molecular weight is 972 g/mol. The van der Waals surface area contributed by atoms with Gasteiger partial charge in [-0.3, -0.25) is 4.90 Å². The lowest BCUT2D eigenvalue weighted by Gasteiger charge is -2.42. The van der Waals surface area contributed by atoms with E-state index in [0.717, 1.165) is 4.90 Å². The molecule has 15 nitrogen and oxygen atoms in total. The van der Waals surface area contributed by atoms with E-state index < -0.39 is 63.5 Å². The molecule has 6 rings (SSSR count). The second kappa shape index (κ2) is 22.5. The Morgan fingerprint density at radius 3 is 1.24 bits per heavy atom. The summed E-state index contributed by atoms with van der Waals surface area (Å²) in [4.78, 5) is 23.9. The van der Waals surface area contributed by atoms with Crippen molar-refractivity contribution in [3.8, 4) is 0 Å². The number of hydrogen-bond donors (Lipinski definition) is 3. The Kier molecular flexibility index (Phi) is 17.3. The highest BCUT2D eigenvalue weighted by Crippen LogP contribution is 2.29. The number of sulfonamides is 2. The minimum absolute atomic E-state index is 0.00501. The molecule has 0 aliphatic heterocycles. The summed E-state index contributed by atoms with van der Waals surface area (Å²) in [5.74, 6) is 0.167. The fourth-order valence-electron chi connectivity index (χ4n) is 8.87. The molecule has 3 N–H and O–H groups in total. The molecule has 4 aromatic carbocycles. The second-order valence-corrected chi connectivity index (χ2v) is 23.5. The van der Waals surface area contributed by atoms with Crippen molar-refractivity contribution in [1.29, 1.82) is 0 Å². The molecular weight excluding hydrogens is 903 g/mol. The van der Waals surface area contributed by atoms with Crippen molar-refractivity contribution in [3.05, 3.63) is 121 Å². The normalized spacial score (nSPS) is 14.5. The van der Waals surface area contributed by atoms with E-state index in [1.165, 1.54) is 20.7 Å². The molecule has 0 spiro atoms. The minimum Gasteiger partial charge on any atom is -0.465 e. The summed E-state index contributed by atoms with van der Waals surface area (Å²) in [5, 5.41) is 36.5. The number of nitrogens with zero attached hydrogens (tertiary/aromatic N) is 7. The van der Waals surface area contributed by atoms with Gasteiger partial charge in [0.1, 0.15) is 0 Å². The standard InChI is InChI=1S/C51H69N7O8S2/c1-35(2)27-54-33-52-43-21-19-41(25-45(43)54)67(63,64)56(29-37(5)6)31-49(59)47(23-39-15-11-9-12-16-39)58(51(61)62)48(24-40-17-13-10-14-18-40)50(60)32-57(30-38(7)8)68(65,66)42-20-22-44-46(26-42)55(34-53-44)28-36(3)4/h9-22,25-26,33-38,47-50,59-60H,23-24,27-32H2,1-8H3,(H,61,62)/t47-,48-,49+,50+/m0/s1. The van der Waals surface area contributed by atoms with Crippen LogP contribution in [-0.4, -0.2) is 121 Å². The first-order chi connectivity index (χ1) is 32.1. The maximum atomic E-state index is 14.8. The van der Waals surface area contributed by atoms with Crippen LogP contribution in [0.1, 0.15) is 66.5 Å². The second-order valence-electron chi connectivity index (χ2n) is 19.7. The summed E-state index contributed by atoms with van der Waals surface area (Å²) in [5.41, 5.74) is 3.89. The van der Waals surface area contributed by atoms with Gasteiger partial charge in [-0.2, -0.15) is 8.61 Å². The lowest BCUT2D eigenvalue weighted by molar-refractivity contribution is -0.0206. The first kappa shape index (κ1) is 52.2. The Hall–Kier alpha value is -5.17. The monoisotopic (exact) mass is 971 g/mol. The van der Waals surface area contributed by atoms with E-state index in [4.69, 9.17) is 0 Å². The lowest BCUT2D eigenvalue weighted by Crippen LogP contribution is -2.60. The SMILES string of the molecule is CC(C)CN(C[C@@H](O)[C@H](Cc1ccccc1)N(C(=O)O)[C@@H](Cc1ccccc1)[C@H](O)CN(CC(C)C)S(=O)(=O)c1ccc2ncn(CC(C)C)c2c1)S(=O)(=O)c1ccc2ncn(CC(C)C)c2c1.